The first kappa shape index (κ1) is 18.5. The average molecular weight is 348 g/mol. The highest BCUT2D eigenvalue weighted by atomic mass is 35.5. The third-order valence-electron chi connectivity index (χ3n) is 4.02. The van der Waals surface area contributed by atoms with Gasteiger partial charge in [-0.2, -0.15) is 0 Å². The number of halogens is 1. The second kappa shape index (κ2) is 8.88. The molecule has 0 unspecified atom stereocenters. The molecule has 0 spiro atoms. The van der Waals surface area contributed by atoms with Gasteiger partial charge in [0.25, 0.3) is 0 Å². The average Bonchev–Trinajstić information content (AvgIpc) is 2.57. The first-order valence-electron chi connectivity index (χ1n) is 8.51. The second-order valence-corrected chi connectivity index (χ2v) is 6.25. The highest BCUT2D eigenvalue weighted by Crippen LogP contribution is 2.25. The summed E-state index contributed by atoms with van der Waals surface area (Å²) in [5.41, 5.74) is 3.34. The lowest BCUT2D eigenvalue weighted by atomic mass is 10.1. The van der Waals surface area contributed by atoms with Crippen molar-refractivity contribution < 1.29 is 4.74 Å². The molecule has 1 aromatic carbocycles. The van der Waals surface area contributed by atoms with Gasteiger partial charge >= 0.3 is 0 Å². The number of hydrogen-bond donors (Lipinski definition) is 0. The Morgan fingerprint density at radius 3 is 2.62 bits per heavy atom. The van der Waals surface area contributed by atoms with Crippen LogP contribution >= 0.6 is 11.6 Å². The van der Waals surface area contributed by atoms with E-state index in [4.69, 9.17) is 16.3 Å². The Morgan fingerprint density at radius 1 is 1.17 bits per heavy atom. The SMILES string of the molecule is CCCc1ccc(OCCN(CC)c2ncnc(C)c2Cl)c(C)c1. The van der Waals surface area contributed by atoms with Gasteiger partial charge < -0.3 is 9.64 Å². The van der Waals surface area contributed by atoms with Crippen molar-refractivity contribution >= 4 is 17.4 Å². The minimum absolute atomic E-state index is 0.585. The molecule has 24 heavy (non-hydrogen) atoms. The summed E-state index contributed by atoms with van der Waals surface area (Å²) in [6.45, 7) is 10.4. The molecule has 0 amide bonds. The third kappa shape index (κ3) is 4.60. The van der Waals surface area contributed by atoms with Gasteiger partial charge in [0.2, 0.25) is 0 Å². The van der Waals surface area contributed by atoms with Crippen LogP contribution in [-0.4, -0.2) is 29.7 Å². The molecule has 130 valence electrons. The Morgan fingerprint density at radius 2 is 1.96 bits per heavy atom. The quantitative estimate of drug-likeness (QED) is 0.699. The zero-order valence-corrected chi connectivity index (χ0v) is 15.7. The van der Waals surface area contributed by atoms with Gasteiger partial charge in [-0.05, 0) is 44.4 Å². The van der Waals surface area contributed by atoms with E-state index in [0.29, 0.717) is 11.6 Å². The third-order valence-corrected chi connectivity index (χ3v) is 4.47. The zero-order chi connectivity index (χ0) is 17.5. The lowest BCUT2D eigenvalue weighted by molar-refractivity contribution is 0.321. The van der Waals surface area contributed by atoms with Gasteiger partial charge in [0.15, 0.2) is 5.82 Å². The largest absolute Gasteiger partial charge is 0.491 e. The van der Waals surface area contributed by atoms with Crippen molar-refractivity contribution in [3.63, 3.8) is 0 Å². The van der Waals surface area contributed by atoms with Gasteiger partial charge in [-0.1, -0.05) is 37.1 Å². The highest BCUT2D eigenvalue weighted by molar-refractivity contribution is 6.33. The summed E-state index contributed by atoms with van der Waals surface area (Å²) in [6, 6.07) is 6.42. The van der Waals surface area contributed by atoms with Crippen molar-refractivity contribution in [3.8, 4) is 5.75 Å². The predicted octanol–water partition coefficient (Wildman–Crippen LogP) is 4.60. The summed E-state index contributed by atoms with van der Waals surface area (Å²) >= 11 is 6.33. The molecule has 0 N–H and O–H groups in total. The summed E-state index contributed by atoms with van der Waals surface area (Å²) in [6.07, 6.45) is 3.82. The van der Waals surface area contributed by atoms with E-state index in [2.05, 4.69) is 53.8 Å². The van der Waals surface area contributed by atoms with E-state index in [9.17, 15) is 0 Å². The maximum atomic E-state index is 6.33. The van der Waals surface area contributed by atoms with Crippen LogP contribution in [0.4, 0.5) is 5.82 Å². The van der Waals surface area contributed by atoms with E-state index < -0.39 is 0 Å². The van der Waals surface area contributed by atoms with Gasteiger partial charge in [0.05, 0.1) is 12.2 Å². The number of nitrogens with zero attached hydrogens (tertiary/aromatic N) is 3. The van der Waals surface area contributed by atoms with Crippen LogP contribution in [0.2, 0.25) is 5.02 Å². The van der Waals surface area contributed by atoms with E-state index in [0.717, 1.165) is 43.2 Å². The molecule has 0 aliphatic carbocycles. The van der Waals surface area contributed by atoms with E-state index >= 15 is 0 Å². The highest BCUT2D eigenvalue weighted by Gasteiger charge is 2.13. The molecule has 0 saturated carbocycles. The topological polar surface area (TPSA) is 38.2 Å². The number of anilines is 1. The minimum atomic E-state index is 0.585. The Balaban J connectivity index is 1.98. The number of aryl methyl sites for hydroxylation is 3. The number of hydrogen-bond acceptors (Lipinski definition) is 4. The summed E-state index contributed by atoms with van der Waals surface area (Å²) in [7, 11) is 0. The molecular weight excluding hydrogens is 322 g/mol. The summed E-state index contributed by atoms with van der Waals surface area (Å²) in [5.74, 6) is 1.71. The summed E-state index contributed by atoms with van der Waals surface area (Å²) in [5, 5.41) is 0.611. The van der Waals surface area contributed by atoms with E-state index in [1.807, 2.05) is 6.92 Å². The smallest absolute Gasteiger partial charge is 0.151 e. The number of rotatable bonds is 8. The fourth-order valence-electron chi connectivity index (χ4n) is 2.66. The van der Waals surface area contributed by atoms with Crippen molar-refractivity contribution in [2.75, 3.05) is 24.6 Å². The van der Waals surface area contributed by atoms with Crippen molar-refractivity contribution in [1.29, 1.82) is 0 Å². The first-order chi connectivity index (χ1) is 11.6. The molecule has 0 fully saturated rings. The second-order valence-electron chi connectivity index (χ2n) is 5.87. The van der Waals surface area contributed by atoms with Crippen molar-refractivity contribution in [2.45, 2.75) is 40.5 Å². The molecule has 0 aliphatic heterocycles. The normalized spacial score (nSPS) is 10.7. The molecule has 4 nitrogen and oxygen atoms in total. The van der Waals surface area contributed by atoms with Gasteiger partial charge in [-0.3, -0.25) is 0 Å². The lowest BCUT2D eigenvalue weighted by Crippen LogP contribution is -2.29. The zero-order valence-electron chi connectivity index (χ0n) is 15.0. The van der Waals surface area contributed by atoms with Crippen LogP contribution < -0.4 is 9.64 Å². The fourth-order valence-corrected chi connectivity index (χ4v) is 2.88. The number of likely N-dealkylation sites (N-methyl/N-ethyl adjacent to an activating group) is 1. The summed E-state index contributed by atoms with van der Waals surface area (Å²) < 4.78 is 5.97. The Hall–Kier alpha value is -1.81. The molecule has 0 radical (unpaired) electrons. The molecular formula is C19H26ClN3O. The Labute approximate surface area is 149 Å². The van der Waals surface area contributed by atoms with Crippen LogP contribution in [0.1, 0.15) is 37.1 Å². The monoisotopic (exact) mass is 347 g/mol. The maximum Gasteiger partial charge on any atom is 0.151 e. The molecule has 2 rings (SSSR count). The van der Waals surface area contributed by atoms with Gasteiger partial charge in [-0.15, -0.1) is 0 Å². The van der Waals surface area contributed by atoms with Gasteiger partial charge in [0.1, 0.15) is 23.7 Å². The number of benzene rings is 1. The molecule has 0 saturated heterocycles. The van der Waals surface area contributed by atoms with E-state index in [1.54, 1.807) is 6.33 Å². The van der Waals surface area contributed by atoms with Crippen LogP contribution in [0.5, 0.6) is 5.75 Å². The predicted molar refractivity (Wildman–Crippen MR) is 100 cm³/mol. The van der Waals surface area contributed by atoms with Crippen LogP contribution in [0.3, 0.4) is 0 Å². The fraction of sp³-hybridized carbons (Fsp3) is 0.474. The van der Waals surface area contributed by atoms with Crippen LogP contribution in [0.15, 0.2) is 24.5 Å². The molecule has 0 bridgehead atoms. The summed E-state index contributed by atoms with van der Waals surface area (Å²) in [4.78, 5) is 10.5. The van der Waals surface area contributed by atoms with E-state index in [1.165, 1.54) is 11.1 Å². The molecule has 1 aromatic heterocycles. The Bertz CT molecular complexity index is 676. The molecule has 1 heterocycles. The van der Waals surface area contributed by atoms with Crippen LogP contribution in [0, 0.1) is 13.8 Å². The van der Waals surface area contributed by atoms with Crippen molar-refractivity contribution in [1.82, 2.24) is 9.97 Å². The maximum absolute atomic E-state index is 6.33. The van der Waals surface area contributed by atoms with Crippen LogP contribution in [-0.2, 0) is 6.42 Å². The van der Waals surface area contributed by atoms with Crippen LogP contribution in [0.25, 0.3) is 0 Å². The first-order valence-corrected chi connectivity index (χ1v) is 8.89. The lowest BCUT2D eigenvalue weighted by Gasteiger charge is -2.23. The minimum Gasteiger partial charge on any atom is -0.491 e. The molecule has 0 atom stereocenters. The van der Waals surface area contributed by atoms with Gasteiger partial charge in [-0.25, -0.2) is 9.97 Å². The number of aromatic nitrogens is 2. The standard InChI is InChI=1S/C19H26ClN3O/c1-5-7-16-8-9-17(14(3)12-16)24-11-10-23(6-2)19-18(20)15(4)21-13-22-19/h8-9,12-13H,5-7,10-11H2,1-4H3. The van der Waals surface area contributed by atoms with Crippen molar-refractivity contribution in [3.05, 3.63) is 46.4 Å². The molecule has 0 aliphatic rings. The van der Waals surface area contributed by atoms with Crippen molar-refractivity contribution in [2.24, 2.45) is 0 Å². The Kier molecular flexibility index (Phi) is 6.85. The molecule has 5 heteroatoms. The van der Waals surface area contributed by atoms with E-state index in [-0.39, 0.29) is 0 Å². The molecule has 2 aromatic rings. The van der Waals surface area contributed by atoms with Gasteiger partial charge in [0, 0.05) is 6.54 Å². The number of ether oxygens (including phenoxy) is 1.